The van der Waals surface area contributed by atoms with Crippen molar-refractivity contribution in [3.8, 4) is 11.6 Å². The smallest absolute Gasteiger partial charge is 0.225 e. The summed E-state index contributed by atoms with van der Waals surface area (Å²) in [5.41, 5.74) is 5.46. The maximum atomic E-state index is 12.9. The molecule has 17 heavy (non-hydrogen) atoms. The molecule has 0 unspecified atom stereocenters. The van der Waals surface area contributed by atoms with Crippen molar-refractivity contribution in [3.63, 3.8) is 0 Å². The van der Waals surface area contributed by atoms with E-state index in [1.165, 1.54) is 18.2 Å². The number of hydrogen-bond donors (Lipinski definition) is 2. The van der Waals surface area contributed by atoms with Crippen LogP contribution in [0.25, 0.3) is 0 Å². The fourth-order valence-electron chi connectivity index (χ4n) is 1.23. The van der Waals surface area contributed by atoms with Crippen LogP contribution in [0.15, 0.2) is 30.5 Å². The molecule has 3 N–H and O–H groups in total. The second kappa shape index (κ2) is 4.65. The number of halogens is 1. The fourth-order valence-corrected chi connectivity index (χ4v) is 1.23. The van der Waals surface area contributed by atoms with Crippen molar-refractivity contribution in [2.24, 2.45) is 0 Å². The predicted octanol–water partition coefficient (Wildman–Crippen LogP) is 2.03. The monoisotopic (exact) mass is 234 g/mol. The zero-order valence-electron chi connectivity index (χ0n) is 9.14. The second-order valence-corrected chi connectivity index (χ2v) is 3.25. The standard InChI is InChI=1S/C11H11FN4O/c1-14-11-15-5-4-10(16-11)17-7-2-3-8(12)9(13)6-7/h2-6H,13H2,1H3,(H,14,15,16). The molecular weight excluding hydrogens is 223 g/mol. The number of benzene rings is 1. The van der Waals surface area contributed by atoms with Gasteiger partial charge in [0.25, 0.3) is 0 Å². The van der Waals surface area contributed by atoms with Gasteiger partial charge in [-0.1, -0.05) is 0 Å². The Hall–Kier alpha value is -2.37. The lowest BCUT2D eigenvalue weighted by molar-refractivity contribution is 0.461. The van der Waals surface area contributed by atoms with E-state index < -0.39 is 5.82 Å². The maximum Gasteiger partial charge on any atom is 0.225 e. The fraction of sp³-hybridized carbons (Fsp3) is 0.0909. The number of rotatable bonds is 3. The predicted molar refractivity (Wildman–Crippen MR) is 62.5 cm³/mol. The van der Waals surface area contributed by atoms with Crippen molar-refractivity contribution in [1.82, 2.24) is 9.97 Å². The zero-order chi connectivity index (χ0) is 12.3. The van der Waals surface area contributed by atoms with Crippen LogP contribution in [0.1, 0.15) is 0 Å². The van der Waals surface area contributed by atoms with Gasteiger partial charge in [0.05, 0.1) is 5.69 Å². The third-order valence-electron chi connectivity index (χ3n) is 2.04. The molecule has 2 aromatic rings. The van der Waals surface area contributed by atoms with E-state index in [0.717, 1.165) is 0 Å². The zero-order valence-corrected chi connectivity index (χ0v) is 9.14. The number of nitrogens with one attached hydrogen (secondary N) is 1. The lowest BCUT2D eigenvalue weighted by Crippen LogP contribution is -1.97. The normalized spacial score (nSPS) is 10.0. The van der Waals surface area contributed by atoms with Gasteiger partial charge in [0.2, 0.25) is 11.8 Å². The first-order valence-electron chi connectivity index (χ1n) is 4.92. The van der Waals surface area contributed by atoms with Crippen LogP contribution in [0.2, 0.25) is 0 Å². The summed E-state index contributed by atoms with van der Waals surface area (Å²) in [6.07, 6.45) is 1.56. The Balaban J connectivity index is 2.22. The van der Waals surface area contributed by atoms with E-state index in [9.17, 15) is 4.39 Å². The quantitative estimate of drug-likeness (QED) is 0.795. The van der Waals surface area contributed by atoms with Crippen LogP contribution in [-0.2, 0) is 0 Å². The molecule has 0 aliphatic heterocycles. The van der Waals surface area contributed by atoms with Crippen LogP contribution in [0, 0.1) is 5.82 Å². The van der Waals surface area contributed by atoms with E-state index in [1.54, 1.807) is 19.3 Å². The van der Waals surface area contributed by atoms with Gasteiger partial charge >= 0.3 is 0 Å². The first kappa shape index (κ1) is 11.1. The minimum absolute atomic E-state index is 0.0328. The van der Waals surface area contributed by atoms with Crippen LogP contribution in [0.3, 0.4) is 0 Å². The van der Waals surface area contributed by atoms with Crippen molar-refractivity contribution in [1.29, 1.82) is 0 Å². The van der Waals surface area contributed by atoms with E-state index in [0.29, 0.717) is 17.6 Å². The molecule has 0 amide bonds. The first-order chi connectivity index (χ1) is 8.19. The van der Waals surface area contributed by atoms with Gasteiger partial charge in [0.15, 0.2) is 0 Å². The minimum atomic E-state index is -0.476. The molecule has 1 aromatic heterocycles. The van der Waals surface area contributed by atoms with Crippen LogP contribution in [0.5, 0.6) is 11.6 Å². The highest BCUT2D eigenvalue weighted by Gasteiger charge is 2.03. The van der Waals surface area contributed by atoms with Crippen molar-refractivity contribution >= 4 is 11.6 Å². The number of nitrogen functional groups attached to an aromatic ring is 1. The van der Waals surface area contributed by atoms with Gasteiger partial charge in [-0.3, -0.25) is 0 Å². The summed E-state index contributed by atoms with van der Waals surface area (Å²) in [7, 11) is 1.70. The molecule has 0 spiro atoms. The van der Waals surface area contributed by atoms with Crippen LogP contribution < -0.4 is 15.8 Å². The molecule has 0 bridgehead atoms. The third kappa shape index (κ3) is 2.60. The van der Waals surface area contributed by atoms with E-state index in [-0.39, 0.29) is 5.69 Å². The van der Waals surface area contributed by atoms with Gasteiger partial charge < -0.3 is 15.8 Å². The van der Waals surface area contributed by atoms with E-state index >= 15 is 0 Å². The van der Waals surface area contributed by atoms with Crippen LogP contribution in [-0.4, -0.2) is 17.0 Å². The second-order valence-electron chi connectivity index (χ2n) is 3.25. The summed E-state index contributed by atoms with van der Waals surface area (Å²) < 4.78 is 18.4. The Bertz CT molecular complexity index is 533. The average molecular weight is 234 g/mol. The molecular formula is C11H11FN4O. The Labute approximate surface area is 97.5 Å². The van der Waals surface area contributed by atoms with Gasteiger partial charge in [0, 0.05) is 25.4 Å². The molecule has 1 aromatic carbocycles. The van der Waals surface area contributed by atoms with Crippen molar-refractivity contribution in [2.45, 2.75) is 0 Å². The van der Waals surface area contributed by atoms with Gasteiger partial charge in [0.1, 0.15) is 11.6 Å². The molecule has 0 saturated carbocycles. The van der Waals surface area contributed by atoms with Gasteiger partial charge in [-0.15, -0.1) is 0 Å². The highest BCUT2D eigenvalue weighted by molar-refractivity contribution is 5.46. The van der Waals surface area contributed by atoms with Crippen LogP contribution >= 0.6 is 0 Å². The number of ether oxygens (including phenoxy) is 1. The molecule has 0 saturated heterocycles. The molecule has 0 fully saturated rings. The van der Waals surface area contributed by atoms with Crippen molar-refractivity contribution < 1.29 is 9.13 Å². The maximum absolute atomic E-state index is 12.9. The third-order valence-corrected chi connectivity index (χ3v) is 2.04. The Kier molecular flexibility index (Phi) is 3.04. The topological polar surface area (TPSA) is 73.1 Å². The average Bonchev–Trinajstić information content (AvgIpc) is 2.34. The van der Waals surface area contributed by atoms with E-state index in [2.05, 4.69) is 15.3 Å². The number of nitrogens with zero attached hydrogens (tertiary/aromatic N) is 2. The first-order valence-corrected chi connectivity index (χ1v) is 4.92. The SMILES string of the molecule is CNc1nccc(Oc2ccc(F)c(N)c2)n1. The Morgan fingerprint density at radius 1 is 1.35 bits per heavy atom. The molecule has 0 radical (unpaired) electrons. The molecule has 5 nitrogen and oxygen atoms in total. The molecule has 88 valence electrons. The molecule has 0 aliphatic rings. The molecule has 6 heteroatoms. The molecule has 0 aliphatic carbocycles. The summed E-state index contributed by atoms with van der Waals surface area (Å²) in [5.74, 6) is 0.744. The van der Waals surface area contributed by atoms with Crippen molar-refractivity contribution in [3.05, 3.63) is 36.3 Å². The summed E-state index contributed by atoms with van der Waals surface area (Å²) in [6.45, 7) is 0. The number of hydrogen-bond acceptors (Lipinski definition) is 5. The van der Waals surface area contributed by atoms with Gasteiger partial charge in [-0.05, 0) is 12.1 Å². The Morgan fingerprint density at radius 3 is 2.88 bits per heavy atom. The lowest BCUT2D eigenvalue weighted by atomic mass is 10.3. The summed E-state index contributed by atoms with van der Waals surface area (Å²) in [4.78, 5) is 8.00. The summed E-state index contributed by atoms with van der Waals surface area (Å²) >= 11 is 0. The number of anilines is 2. The minimum Gasteiger partial charge on any atom is -0.439 e. The van der Waals surface area contributed by atoms with Crippen LogP contribution in [0.4, 0.5) is 16.0 Å². The van der Waals surface area contributed by atoms with E-state index in [1.807, 2.05) is 0 Å². The molecule has 0 atom stereocenters. The lowest BCUT2D eigenvalue weighted by Gasteiger charge is -2.06. The largest absolute Gasteiger partial charge is 0.439 e. The van der Waals surface area contributed by atoms with E-state index in [4.69, 9.17) is 10.5 Å². The van der Waals surface area contributed by atoms with Gasteiger partial charge in [-0.25, -0.2) is 9.37 Å². The summed E-state index contributed by atoms with van der Waals surface area (Å²) in [6, 6.07) is 5.72. The highest BCUT2D eigenvalue weighted by Crippen LogP contribution is 2.23. The number of aromatic nitrogens is 2. The molecule has 2 rings (SSSR count). The Morgan fingerprint density at radius 2 is 2.18 bits per heavy atom. The summed E-state index contributed by atoms with van der Waals surface area (Å²) in [5, 5.41) is 2.79. The number of nitrogens with two attached hydrogens (primary N) is 1. The van der Waals surface area contributed by atoms with Gasteiger partial charge in [-0.2, -0.15) is 4.98 Å². The molecule has 1 heterocycles. The van der Waals surface area contributed by atoms with Crippen molar-refractivity contribution in [2.75, 3.05) is 18.1 Å². The highest BCUT2D eigenvalue weighted by atomic mass is 19.1.